The highest BCUT2D eigenvalue weighted by molar-refractivity contribution is 5.82. The van der Waals surface area contributed by atoms with Gasteiger partial charge in [-0.05, 0) is 30.7 Å². The molecule has 0 bridgehead atoms. The number of nitrogens with two attached hydrogens (primary N) is 1. The molecule has 0 aromatic heterocycles. The van der Waals surface area contributed by atoms with Crippen molar-refractivity contribution in [3.05, 3.63) is 23.8 Å². The van der Waals surface area contributed by atoms with Crippen LogP contribution in [0.15, 0.2) is 18.2 Å². The predicted octanol–water partition coefficient (Wildman–Crippen LogP) is 0.856. The molecule has 0 atom stereocenters. The maximum Gasteiger partial charge on any atom is 0.241 e. The van der Waals surface area contributed by atoms with Crippen LogP contribution in [0.3, 0.4) is 0 Å². The molecule has 86 valence electrons. The molecule has 0 radical (unpaired) electrons. The Morgan fingerprint density at radius 1 is 1.31 bits per heavy atom. The van der Waals surface area contributed by atoms with Crippen LogP contribution < -0.4 is 10.6 Å². The molecule has 1 aliphatic rings. The average Bonchev–Trinajstić information content (AvgIpc) is 2.26. The van der Waals surface area contributed by atoms with Crippen LogP contribution >= 0.6 is 0 Å². The minimum atomic E-state index is 0.167. The summed E-state index contributed by atoms with van der Waals surface area (Å²) in [5.74, 6) is 0.167. The second-order valence-electron chi connectivity index (χ2n) is 4.28. The van der Waals surface area contributed by atoms with Gasteiger partial charge in [0, 0.05) is 31.5 Å². The zero-order valence-corrected chi connectivity index (χ0v) is 9.73. The number of hydrogen-bond acceptors (Lipinski definition) is 3. The number of aryl methyl sites for hydroxylation is 1. The second kappa shape index (κ2) is 4.04. The highest BCUT2D eigenvalue weighted by Crippen LogP contribution is 2.21. The molecule has 1 fully saturated rings. The van der Waals surface area contributed by atoms with E-state index in [1.54, 1.807) is 4.90 Å². The van der Waals surface area contributed by atoms with Gasteiger partial charge in [0.2, 0.25) is 5.91 Å². The van der Waals surface area contributed by atoms with E-state index < -0.39 is 0 Å². The van der Waals surface area contributed by atoms with Crippen LogP contribution in [0.4, 0.5) is 11.4 Å². The van der Waals surface area contributed by atoms with Gasteiger partial charge in [-0.15, -0.1) is 0 Å². The lowest BCUT2D eigenvalue weighted by Gasteiger charge is -2.33. The maximum atomic E-state index is 11.6. The van der Waals surface area contributed by atoms with Crippen LogP contribution in [-0.4, -0.2) is 37.5 Å². The number of hydrogen-bond donors (Lipinski definition) is 1. The van der Waals surface area contributed by atoms with Gasteiger partial charge in [-0.2, -0.15) is 0 Å². The number of carbonyl (C=O) groups excluding carboxylic acids is 1. The topological polar surface area (TPSA) is 49.6 Å². The van der Waals surface area contributed by atoms with Gasteiger partial charge in [-0.1, -0.05) is 0 Å². The smallest absolute Gasteiger partial charge is 0.241 e. The van der Waals surface area contributed by atoms with Crippen LogP contribution in [0.1, 0.15) is 5.56 Å². The molecule has 1 heterocycles. The van der Waals surface area contributed by atoms with Crippen molar-refractivity contribution in [2.24, 2.45) is 0 Å². The van der Waals surface area contributed by atoms with Crippen LogP contribution in [0.5, 0.6) is 0 Å². The van der Waals surface area contributed by atoms with E-state index >= 15 is 0 Å². The first-order valence-corrected chi connectivity index (χ1v) is 5.43. The van der Waals surface area contributed by atoms with Gasteiger partial charge >= 0.3 is 0 Å². The molecular formula is C12H17N3O. The lowest BCUT2D eigenvalue weighted by molar-refractivity contribution is -0.129. The van der Waals surface area contributed by atoms with Gasteiger partial charge in [-0.25, -0.2) is 0 Å². The summed E-state index contributed by atoms with van der Waals surface area (Å²) in [5, 5.41) is 0. The standard InChI is InChI=1S/C12H17N3O/c1-9-7-10(3-4-11(9)13)15-6-5-14(2)12(16)8-15/h3-4,7H,5-6,8,13H2,1-2H3. The number of piperazine rings is 1. The molecule has 16 heavy (non-hydrogen) atoms. The number of rotatable bonds is 1. The SMILES string of the molecule is Cc1cc(N2CCN(C)C(=O)C2)ccc1N. The van der Waals surface area contributed by atoms with E-state index in [1.165, 1.54) is 0 Å². The van der Waals surface area contributed by atoms with E-state index in [1.807, 2.05) is 32.2 Å². The minimum Gasteiger partial charge on any atom is -0.399 e. The fourth-order valence-electron chi connectivity index (χ4n) is 1.84. The Bertz CT molecular complexity index is 417. The predicted molar refractivity (Wildman–Crippen MR) is 65.4 cm³/mol. The molecule has 1 aliphatic heterocycles. The van der Waals surface area contributed by atoms with Gasteiger partial charge in [-0.3, -0.25) is 4.79 Å². The van der Waals surface area contributed by atoms with E-state index in [0.29, 0.717) is 6.54 Å². The third-order valence-corrected chi connectivity index (χ3v) is 3.08. The summed E-state index contributed by atoms with van der Waals surface area (Å²) in [4.78, 5) is 15.4. The van der Waals surface area contributed by atoms with Crippen molar-refractivity contribution in [2.75, 3.05) is 37.3 Å². The third-order valence-electron chi connectivity index (χ3n) is 3.08. The number of nitrogen functional groups attached to an aromatic ring is 1. The lowest BCUT2D eigenvalue weighted by Crippen LogP contribution is -2.48. The highest BCUT2D eigenvalue weighted by atomic mass is 16.2. The molecule has 1 amide bonds. The van der Waals surface area contributed by atoms with Crippen LogP contribution in [0.25, 0.3) is 0 Å². The minimum absolute atomic E-state index is 0.167. The van der Waals surface area contributed by atoms with E-state index in [4.69, 9.17) is 5.73 Å². The molecule has 2 N–H and O–H groups in total. The summed E-state index contributed by atoms with van der Waals surface area (Å²) in [6, 6.07) is 5.91. The number of nitrogens with zero attached hydrogens (tertiary/aromatic N) is 2. The summed E-state index contributed by atoms with van der Waals surface area (Å²) in [6.45, 7) is 4.10. The molecule has 2 rings (SSSR count). The summed E-state index contributed by atoms with van der Waals surface area (Å²) in [7, 11) is 1.84. The summed E-state index contributed by atoms with van der Waals surface area (Å²) in [5.41, 5.74) is 8.71. The van der Waals surface area contributed by atoms with Crippen molar-refractivity contribution in [1.29, 1.82) is 0 Å². The Hall–Kier alpha value is -1.71. The van der Waals surface area contributed by atoms with E-state index in [-0.39, 0.29) is 5.91 Å². The Kier molecular flexibility index (Phi) is 2.73. The van der Waals surface area contributed by atoms with Gasteiger partial charge in [0.1, 0.15) is 0 Å². The maximum absolute atomic E-state index is 11.6. The zero-order chi connectivity index (χ0) is 11.7. The molecule has 0 aliphatic carbocycles. The summed E-state index contributed by atoms with van der Waals surface area (Å²) < 4.78 is 0. The van der Waals surface area contributed by atoms with Gasteiger partial charge in [0.25, 0.3) is 0 Å². The average molecular weight is 219 g/mol. The Morgan fingerprint density at radius 2 is 2.06 bits per heavy atom. The third kappa shape index (κ3) is 1.96. The van der Waals surface area contributed by atoms with Crippen LogP contribution in [0.2, 0.25) is 0 Å². The van der Waals surface area contributed by atoms with Gasteiger partial charge < -0.3 is 15.5 Å². The molecule has 4 heteroatoms. The van der Waals surface area contributed by atoms with Crippen LogP contribution in [-0.2, 0) is 4.79 Å². The van der Waals surface area contributed by atoms with Crippen molar-refractivity contribution in [3.63, 3.8) is 0 Å². The Labute approximate surface area is 95.6 Å². The molecule has 0 spiro atoms. The first-order valence-electron chi connectivity index (χ1n) is 5.43. The number of benzene rings is 1. The number of carbonyl (C=O) groups is 1. The Morgan fingerprint density at radius 3 is 2.69 bits per heavy atom. The molecule has 0 unspecified atom stereocenters. The van der Waals surface area contributed by atoms with E-state index in [2.05, 4.69) is 4.90 Å². The van der Waals surface area contributed by atoms with E-state index in [9.17, 15) is 4.79 Å². The normalized spacial score (nSPS) is 16.8. The molecule has 0 saturated carbocycles. The quantitative estimate of drug-likeness (QED) is 0.713. The molecule has 1 aromatic carbocycles. The zero-order valence-electron chi connectivity index (χ0n) is 9.73. The van der Waals surface area contributed by atoms with Crippen LogP contribution in [0, 0.1) is 6.92 Å². The van der Waals surface area contributed by atoms with Crippen molar-refractivity contribution >= 4 is 17.3 Å². The first kappa shape index (κ1) is 10.8. The van der Waals surface area contributed by atoms with Gasteiger partial charge in [0.15, 0.2) is 0 Å². The largest absolute Gasteiger partial charge is 0.399 e. The summed E-state index contributed by atoms with van der Waals surface area (Å²) >= 11 is 0. The van der Waals surface area contributed by atoms with Crippen molar-refractivity contribution in [3.8, 4) is 0 Å². The molecule has 4 nitrogen and oxygen atoms in total. The number of anilines is 2. The first-order chi connectivity index (χ1) is 7.58. The van der Waals surface area contributed by atoms with Crippen molar-refractivity contribution in [1.82, 2.24) is 4.90 Å². The molecule has 1 saturated heterocycles. The van der Waals surface area contributed by atoms with Crippen molar-refractivity contribution in [2.45, 2.75) is 6.92 Å². The van der Waals surface area contributed by atoms with Crippen molar-refractivity contribution < 1.29 is 4.79 Å². The highest BCUT2D eigenvalue weighted by Gasteiger charge is 2.21. The molecular weight excluding hydrogens is 202 g/mol. The fraction of sp³-hybridized carbons (Fsp3) is 0.417. The fourth-order valence-corrected chi connectivity index (χ4v) is 1.84. The van der Waals surface area contributed by atoms with E-state index in [0.717, 1.165) is 30.0 Å². The second-order valence-corrected chi connectivity index (χ2v) is 4.28. The lowest BCUT2D eigenvalue weighted by atomic mass is 10.1. The number of likely N-dealkylation sites (N-methyl/N-ethyl adjacent to an activating group) is 1. The Balaban J connectivity index is 2.18. The van der Waals surface area contributed by atoms with Gasteiger partial charge in [0.05, 0.1) is 6.54 Å². The molecule has 1 aromatic rings. The summed E-state index contributed by atoms with van der Waals surface area (Å²) in [6.07, 6.45) is 0. The monoisotopic (exact) mass is 219 g/mol. The number of amides is 1.